The molecule has 5 nitrogen and oxygen atoms in total. The molecule has 1 aliphatic rings. The molecule has 2 amide bonds. The highest BCUT2D eigenvalue weighted by Crippen LogP contribution is 2.30. The van der Waals surface area contributed by atoms with E-state index in [1.54, 1.807) is 0 Å². The first kappa shape index (κ1) is 15.5. The van der Waals surface area contributed by atoms with Crippen LogP contribution in [0.2, 0.25) is 5.02 Å². The number of carbonyl (C=O) groups excluding carboxylic acids is 1. The number of carboxylic acid groups (broad SMARTS) is 1. The van der Waals surface area contributed by atoms with Crippen molar-refractivity contribution in [1.82, 2.24) is 4.90 Å². The van der Waals surface area contributed by atoms with E-state index in [0.717, 1.165) is 23.8 Å². The Kier molecular flexibility index (Phi) is 4.62. The number of hydrogen-bond acceptors (Lipinski definition) is 2. The number of amides is 2. The first-order chi connectivity index (χ1) is 9.86. The van der Waals surface area contributed by atoms with Crippen LogP contribution in [0.3, 0.4) is 0 Å². The maximum Gasteiger partial charge on any atom is 0.323 e. The highest BCUT2D eigenvalue weighted by atomic mass is 35.5. The van der Waals surface area contributed by atoms with E-state index in [1.807, 2.05) is 0 Å². The summed E-state index contributed by atoms with van der Waals surface area (Å²) in [6.07, 6.45) is 1.85. The molecule has 0 radical (unpaired) electrons. The molecule has 1 fully saturated rings. The minimum Gasteiger partial charge on any atom is -0.480 e. The summed E-state index contributed by atoms with van der Waals surface area (Å²) >= 11 is 5.68. The number of urea groups is 1. The quantitative estimate of drug-likeness (QED) is 0.877. The van der Waals surface area contributed by atoms with Crippen LogP contribution in [0.15, 0.2) is 12.1 Å². The van der Waals surface area contributed by atoms with Gasteiger partial charge in [-0.05, 0) is 24.8 Å². The average molecular weight is 319 g/mol. The number of aliphatic carboxylic acids is 1. The van der Waals surface area contributed by atoms with E-state index >= 15 is 0 Å². The normalized spacial score (nSPS) is 13.9. The SMILES string of the molecule is O=C(O)CN(CC1CC1)C(=O)Nc1c(F)cc(F)cc1Cl. The number of halogens is 3. The molecule has 0 heterocycles. The number of benzene rings is 1. The lowest BCUT2D eigenvalue weighted by Crippen LogP contribution is -2.40. The number of carbonyl (C=O) groups is 2. The molecule has 2 N–H and O–H groups in total. The molecule has 0 atom stereocenters. The molecule has 2 rings (SSSR count). The summed E-state index contributed by atoms with van der Waals surface area (Å²) < 4.78 is 26.5. The van der Waals surface area contributed by atoms with Crippen molar-refractivity contribution in [2.24, 2.45) is 5.92 Å². The van der Waals surface area contributed by atoms with Gasteiger partial charge in [0.05, 0.1) is 10.7 Å². The van der Waals surface area contributed by atoms with Gasteiger partial charge in [0.15, 0.2) is 5.82 Å². The predicted molar refractivity (Wildman–Crippen MR) is 72.3 cm³/mol. The lowest BCUT2D eigenvalue weighted by molar-refractivity contribution is -0.137. The number of nitrogens with zero attached hydrogens (tertiary/aromatic N) is 1. The molecule has 1 aromatic rings. The number of hydrogen-bond donors (Lipinski definition) is 2. The Labute approximate surface area is 124 Å². The molecular weight excluding hydrogens is 306 g/mol. The van der Waals surface area contributed by atoms with E-state index in [0.29, 0.717) is 6.07 Å². The third kappa shape index (κ3) is 4.29. The molecule has 1 aliphatic carbocycles. The standard InChI is InChI=1S/C13H13ClF2N2O3/c14-9-3-8(15)4-10(16)12(9)17-13(21)18(6-11(19)20)5-7-1-2-7/h3-4,7H,1-2,5-6H2,(H,17,21)(H,19,20). The minimum atomic E-state index is -1.17. The van der Waals surface area contributed by atoms with Gasteiger partial charge < -0.3 is 15.3 Å². The summed E-state index contributed by atoms with van der Waals surface area (Å²) in [6, 6.07) is 0.670. The van der Waals surface area contributed by atoms with Gasteiger partial charge in [-0.1, -0.05) is 11.6 Å². The summed E-state index contributed by atoms with van der Waals surface area (Å²) in [7, 11) is 0. The minimum absolute atomic E-state index is 0.267. The van der Waals surface area contributed by atoms with Crippen molar-refractivity contribution in [3.8, 4) is 0 Å². The Balaban J connectivity index is 2.12. The van der Waals surface area contributed by atoms with E-state index < -0.39 is 30.2 Å². The van der Waals surface area contributed by atoms with Gasteiger partial charge in [0.1, 0.15) is 12.4 Å². The van der Waals surface area contributed by atoms with Gasteiger partial charge in [-0.15, -0.1) is 0 Å². The van der Waals surface area contributed by atoms with Gasteiger partial charge in [0.25, 0.3) is 0 Å². The molecule has 1 aromatic carbocycles. The van der Waals surface area contributed by atoms with E-state index in [2.05, 4.69) is 5.32 Å². The molecule has 0 aliphatic heterocycles. The van der Waals surface area contributed by atoms with Crippen molar-refractivity contribution in [1.29, 1.82) is 0 Å². The Bertz CT molecular complexity index is 556. The van der Waals surface area contributed by atoms with Crippen molar-refractivity contribution in [3.63, 3.8) is 0 Å². The summed E-state index contributed by atoms with van der Waals surface area (Å²) in [5.74, 6) is -2.79. The van der Waals surface area contributed by atoms with Crippen LogP contribution in [0.25, 0.3) is 0 Å². The molecule has 0 unspecified atom stereocenters. The van der Waals surface area contributed by atoms with Crippen LogP contribution >= 0.6 is 11.6 Å². The van der Waals surface area contributed by atoms with E-state index in [-0.39, 0.29) is 23.2 Å². The average Bonchev–Trinajstić information content (AvgIpc) is 3.16. The summed E-state index contributed by atoms with van der Waals surface area (Å²) in [6.45, 7) is -0.221. The van der Waals surface area contributed by atoms with Crippen LogP contribution in [-0.2, 0) is 4.79 Å². The number of nitrogens with one attached hydrogen (secondary N) is 1. The monoisotopic (exact) mass is 318 g/mol. The van der Waals surface area contributed by atoms with Crippen LogP contribution in [-0.4, -0.2) is 35.1 Å². The first-order valence-corrected chi connectivity index (χ1v) is 6.67. The van der Waals surface area contributed by atoms with Crippen LogP contribution in [0, 0.1) is 17.6 Å². The molecule has 8 heteroatoms. The van der Waals surface area contributed by atoms with Gasteiger partial charge in [0, 0.05) is 12.6 Å². The lowest BCUT2D eigenvalue weighted by Gasteiger charge is -2.21. The molecular formula is C13H13ClF2N2O3. The second-order valence-electron chi connectivity index (χ2n) is 4.89. The number of anilines is 1. The fraction of sp³-hybridized carbons (Fsp3) is 0.385. The highest BCUT2D eigenvalue weighted by Gasteiger charge is 2.28. The van der Waals surface area contributed by atoms with Crippen LogP contribution in [0.4, 0.5) is 19.3 Å². The molecule has 0 aromatic heterocycles. The Morgan fingerprint density at radius 3 is 2.57 bits per heavy atom. The molecule has 0 saturated heterocycles. The molecule has 21 heavy (non-hydrogen) atoms. The number of carboxylic acids is 1. The third-order valence-corrected chi connectivity index (χ3v) is 3.33. The fourth-order valence-corrected chi connectivity index (χ4v) is 2.08. The zero-order valence-corrected chi connectivity index (χ0v) is 11.7. The Morgan fingerprint density at radius 1 is 1.38 bits per heavy atom. The molecule has 1 saturated carbocycles. The van der Waals surface area contributed by atoms with E-state index in [9.17, 15) is 18.4 Å². The maximum absolute atomic E-state index is 13.6. The van der Waals surface area contributed by atoms with Crippen molar-refractivity contribution < 1.29 is 23.5 Å². The summed E-state index contributed by atoms with van der Waals surface area (Å²) in [5.41, 5.74) is -0.366. The zero-order chi connectivity index (χ0) is 15.6. The largest absolute Gasteiger partial charge is 0.480 e. The second-order valence-corrected chi connectivity index (χ2v) is 5.30. The van der Waals surface area contributed by atoms with Gasteiger partial charge in [-0.2, -0.15) is 0 Å². The van der Waals surface area contributed by atoms with Crippen LogP contribution in [0.5, 0.6) is 0 Å². The molecule has 0 bridgehead atoms. The van der Waals surface area contributed by atoms with Crippen LogP contribution < -0.4 is 5.32 Å². The van der Waals surface area contributed by atoms with Crippen molar-refractivity contribution >= 4 is 29.3 Å². The fourth-order valence-electron chi connectivity index (χ4n) is 1.84. The van der Waals surface area contributed by atoms with E-state index in [1.165, 1.54) is 0 Å². The molecule has 114 valence electrons. The van der Waals surface area contributed by atoms with Gasteiger partial charge in [-0.25, -0.2) is 13.6 Å². The highest BCUT2D eigenvalue weighted by molar-refractivity contribution is 6.33. The van der Waals surface area contributed by atoms with E-state index in [4.69, 9.17) is 16.7 Å². The van der Waals surface area contributed by atoms with Crippen molar-refractivity contribution in [2.75, 3.05) is 18.4 Å². The molecule has 0 spiro atoms. The van der Waals surface area contributed by atoms with Gasteiger partial charge >= 0.3 is 12.0 Å². The summed E-state index contributed by atoms with van der Waals surface area (Å²) in [5, 5.41) is 10.7. The van der Waals surface area contributed by atoms with Gasteiger partial charge in [-0.3, -0.25) is 4.79 Å². The smallest absolute Gasteiger partial charge is 0.323 e. The lowest BCUT2D eigenvalue weighted by atomic mass is 10.3. The predicted octanol–water partition coefficient (Wildman–Crippen LogP) is 2.95. The van der Waals surface area contributed by atoms with Crippen LogP contribution in [0.1, 0.15) is 12.8 Å². The van der Waals surface area contributed by atoms with Crippen molar-refractivity contribution in [2.45, 2.75) is 12.8 Å². The maximum atomic E-state index is 13.6. The number of rotatable bonds is 5. The third-order valence-electron chi connectivity index (χ3n) is 3.03. The first-order valence-electron chi connectivity index (χ1n) is 6.29. The Hall–Kier alpha value is -1.89. The zero-order valence-electron chi connectivity index (χ0n) is 10.9. The van der Waals surface area contributed by atoms with Gasteiger partial charge in [0.2, 0.25) is 0 Å². The van der Waals surface area contributed by atoms with Crippen molar-refractivity contribution in [3.05, 3.63) is 28.8 Å². The second kappa shape index (κ2) is 6.26. The Morgan fingerprint density at radius 2 is 2.05 bits per heavy atom. The summed E-state index contributed by atoms with van der Waals surface area (Å²) in [4.78, 5) is 23.9. The topological polar surface area (TPSA) is 69.6 Å².